The van der Waals surface area contributed by atoms with Crippen molar-refractivity contribution < 1.29 is 13.9 Å². The second kappa shape index (κ2) is 4.66. The summed E-state index contributed by atoms with van der Waals surface area (Å²) in [5, 5.41) is 12.3. The Hall–Kier alpha value is -0.490. The van der Waals surface area contributed by atoms with Gasteiger partial charge in [-0.05, 0) is 22.4 Å². The van der Waals surface area contributed by atoms with Gasteiger partial charge in [-0.1, -0.05) is 0 Å². The summed E-state index contributed by atoms with van der Waals surface area (Å²) in [6.45, 7) is 0.280. The summed E-state index contributed by atoms with van der Waals surface area (Å²) in [6.07, 6.45) is -0.789. The highest BCUT2D eigenvalue weighted by molar-refractivity contribution is 9.10. The molecule has 0 spiro atoms. The molecule has 0 saturated heterocycles. The molecule has 0 amide bonds. The molecule has 1 aromatic rings. The summed E-state index contributed by atoms with van der Waals surface area (Å²) in [6, 6.07) is 0. The molecular weight excluding hydrogens is 246 g/mol. The number of rotatable bonds is 4. The van der Waals surface area contributed by atoms with Crippen molar-refractivity contribution in [1.29, 1.82) is 0 Å². The maximum absolute atomic E-state index is 12.4. The van der Waals surface area contributed by atoms with E-state index in [0.717, 1.165) is 0 Å². The van der Waals surface area contributed by atoms with Gasteiger partial charge in [-0.3, -0.25) is 4.68 Å². The van der Waals surface area contributed by atoms with Gasteiger partial charge >= 0.3 is 0 Å². The number of aromatic nitrogens is 2. The van der Waals surface area contributed by atoms with Crippen LogP contribution in [0.1, 0.15) is 18.5 Å². The van der Waals surface area contributed by atoms with Gasteiger partial charge in [-0.15, -0.1) is 0 Å². The van der Waals surface area contributed by atoms with E-state index in [1.54, 1.807) is 0 Å². The van der Waals surface area contributed by atoms with Crippen LogP contribution in [0.4, 0.5) is 8.78 Å². The van der Waals surface area contributed by atoms with Gasteiger partial charge in [0.25, 0.3) is 6.43 Å². The van der Waals surface area contributed by atoms with Gasteiger partial charge in [-0.25, -0.2) is 8.78 Å². The number of aliphatic hydroxyl groups excluding tert-OH is 1. The molecule has 1 N–H and O–H groups in total. The summed E-state index contributed by atoms with van der Waals surface area (Å²) < 4.78 is 26.3. The minimum Gasteiger partial charge on any atom is -0.396 e. The molecule has 0 radical (unpaired) electrons. The molecule has 0 aliphatic heterocycles. The van der Waals surface area contributed by atoms with Gasteiger partial charge in [0.05, 0.1) is 10.7 Å². The standard InChI is InChI=1S/C7H9BrF2N2O/c8-5-4-11-12(2-1-3-13)6(5)7(9)10/h4,7,13H,1-3H2. The van der Waals surface area contributed by atoms with Crippen LogP contribution in [0.15, 0.2) is 10.7 Å². The third-order valence-electron chi connectivity index (χ3n) is 1.57. The van der Waals surface area contributed by atoms with Crippen LogP contribution in [0, 0.1) is 0 Å². The molecule has 1 rings (SSSR count). The van der Waals surface area contributed by atoms with Crippen molar-refractivity contribution >= 4 is 15.9 Å². The predicted molar refractivity (Wildman–Crippen MR) is 46.6 cm³/mol. The molecule has 0 aliphatic rings. The predicted octanol–water partition coefficient (Wildman–Crippen LogP) is 1.97. The van der Waals surface area contributed by atoms with Crippen LogP contribution < -0.4 is 0 Å². The highest BCUT2D eigenvalue weighted by atomic mass is 79.9. The van der Waals surface area contributed by atoms with E-state index in [0.29, 0.717) is 17.4 Å². The van der Waals surface area contributed by atoms with Crippen LogP contribution in [-0.2, 0) is 6.54 Å². The maximum atomic E-state index is 12.4. The van der Waals surface area contributed by atoms with E-state index in [1.165, 1.54) is 10.9 Å². The third kappa shape index (κ3) is 2.47. The largest absolute Gasteiger partial charge is 0.396 e. The third-order valence-corrected chi connectivity index (χ3v) is 2.18. The first kappa shape index (κ1) is 10.6. The average Bonchev–Trinajstić information content (AvgIpc) is 2.43. The normalized spacial score (nSPS) is 11.2. The summed E-state index contributed by atoms with van der Waals surface area (Å²) >= 11 is 2.98. The SMILES string of the molecule is OCCCn1ncc(Br)c1C(F)F. The van der Waals surface area contributed by atoms with Crippen molar-refractivity contribution in [2.24, 2.45) is 0 Å². The Bertz CT molecular complexity index is 277. The van der Waals surface area contributed by atoms with Gasteiger partial charge in [0.1, 0.15) is 5.69 Å². The molecule has 0 fully saturated rings. The first-order valence-electron chi connectivity index (χ1n) is 3.77. The van der Waals surface area contributed by atoms with Crippen molar-refractivity contribution in [2.75, 3.05) is 6.61 Å². The fourth-order valence-electron chi connectivity index (χ4n) is 0.988. The second-order valence-corrected chi connectivity index (χ2v) is 3.33. The minimum absolute atomic E-state index is 0.0276. The van der Waals surface area contributed by atoms with Crippen LogP contribution in [0.25, 0.3) is 0 Å². The van der Waals surface area contributed by atoms with Crippen molar-refractivity contribution in [2.45, 2.75) is 19.4 Å². The highest BCUT2D eigenvalue weighted by Crippen LogP contribution is 2.26. The second-order valence-electron chi connectivity index (χ2n) is 2.48. The van der Waals surface area contributed by atoms with Crippen LogP contribution in [0.2, 0.25) is 0 Å². The van der Waals surface area contributed by atoms with Crippen molar-refractivity contribution in [3.05, 3.63) is 16.4 Å². The van der Waals surface area contributed by atoms with Crippen LogP contribution >= 0.6 is 15.9 Å². The van der Waals surface area contributed by atoms with Crippen LogP contribution in [0.5, 0.6) is 0 Å². The Morgan fingerprint density at radius 2 is 2.31 bits per heavy atom. The molecule has 6 heteroatoms. The molecule has 0 aliphatic carbocycles. The molecule has 0 aromatic carbocycles. The van der Waals surface area contributed by atoms with Gasteiger partial charge in [0.15, 0.2) is 0 Å². The lowest BCUT2D eigenvalue weighted by molar-refractivity contribution is 0.137. The molecule has 13 heavy (non-hydrogen) atoms. The van der Waals surface area contributed by atoms with E-state index < -0.39 is 6.43 Å². The number of nitrogens with zero attached hydrogens (tertiary/aromatic N) is 2. The van der Waals surface area contributed by atoms with E-state index in [1.807, 2.05) is 0 Å². The Balaban J connectivity index is 2.81. The molecule has 0 atom stereocenters. The lowest BCUT2D eigenvalue weighted by Gasteiger charge is -2.05. The zero-order chi connectivity index (χ0) is 9.84. The van der Waals surface area contributed by atoms with Gasteiger partial charge < -0.3 is 5.11 Å². The minimum atomic E-state index is -2.55. The molecular formula is C7H9BrF2N2O. The molecule has 0 bridgehead atoms. The summed E-state index contributed by atoms with van der Waals surface area (Å²) in [5.41, 5.74) is -0.131. The van der Waals surface area contributed by atoms with Gasteiger partial charge in [0, 0.05) is 13.2 Å². The molecule has 3 nitrogen and oxygen atoms in total. The van der Waals surface area contributed by atoms with Gasteiger partial charge in [0.2, 0.25) is 0 Å². The molecule has 74 valence electrons. The number of alkyl halides is 2. The van der Waals surface area contributed by atoms with Crippen molar-refractivity contribution in [1.82, 2.24) is 9.78 Å². The first-order chi connectivity index (χ1) is 6.16. The van der Waals surface area contributed by atoms with E-state index in [9.17, 15) is 8.78 Å². The number of hydrogen-bond donors (Lipinski definition) is 1. The van der Waals surface area contributed by atoms with E-state index in [4.69, 9.17) is 5.11 Å². The monoisotopic (exact) mass is 254 g/mol. The zero-order valence-corrected chi connectivity index (χ0v) is 8.34. The lowest BCUT2D eigenvalue weighted by Crippen LogP contribution is -2.06. The van der Waals surface area contributed by atoms with E-state index >= 15 is 0 Å². The Morgan fingerprint density at radius 3 is 2.85 bits per heavy atom. The quantitative estimate of drug-likeness (QED) is 0.893. The topological polar surface area (TPSA) is 38.0 Å². The molecule has 1 aromatic heterocycles. The molecule has 0 saturated carbocycles. The van der Waals surface area contributed by atoms with E-state index in [2.05, 4.69) is 21.0 Å². The molecule has 1 heterocycles. The fraction of sp³-hybridized carbons (Fsp3) is 0.571. The highest BCUT2D eigenvalue weighted by Gasteiger charge is 2.17. The van der Waals surface area contributed by atoms with E-state index in [-0.39, 0.29) is 12.3 Å². The van der Waals surface area contributed by atoms with Crippen molar-refractivity contribution in [3.63, 3.8) is 0 Å². The number of hydrogen-bond acceptors (Lipinski definition) is 2. The smallest absolute Gasteiger partial charge is 0.281 e. The average molecular weight is 255 g/mol. The fourth-order valence-corrected chi connectivity index (χ4v) is 1.46. The Labute approximate surface area is 82.5 Å². The van der Waals surface area contributed by atoms with Crippen molar-refractivity contribution in [3.8, 4) is 0 Å². The summed E-state index contributed by atoms with van der Waals surface area (Å²) in [4.78, 5) is 0. The zero-order valence-electron chi connectivity index (χ0n) is 6.75. The Morgan fingerprint density at radius 1 is 1.62 bits per heavy atom. The number of halogens is 3. The summed E-state index contributed by atoms with van der Waals surface area (Å²) in [7, 11) is 0. The van der Waals surface area contributed by atoms with Crippen LogP contribution in [-0.4, -0.2) is 21.5 Å². The Kier molecular flexibility index (Phi) is 3.80. The lowest BCUT2D eigenvalue weighted by atomic mass is 10.4. The number of aliphatic hydroxyl groups is 1. The maximum Gasteiger partial charge on any atom is 0.281 e. The van der Waals surface area contributed by atoms with Crippen LogP contribution in [0.3, 0.4) is 0 Å². The molecule has 0 unspecified atom stereocenters. The summed E-state index contributed by atoms with van der Waals surface area (Å²) in [5.74, 6) is 0. The van der Waals surface area contributed by atoms with Gasteiger partial charge in [-0.2, -0.15) is 5.10 Å². The first-order valence-corrected chi connectivity index (χ1v) is 4.56. The number of aryl methyl sites for hydroxylation is 1.